The summed E-state index contributed by atoms with van der Waals surface area (Å²) in [5, 5.41) is 0. The Kier molecular flexibility index (Phi) is 3.95. The normalized spacial score (nSPS) is 18.3. The van der Waals surface area contributed by atoms with E-state index in [0.717, 1.165) is 0 Å². The van der Waals surface area contributed by atoms with Crippen LogP contribution in [-0.4, -0.2) is 5.66 Å². The summed E-state index contributed by atoms with van der Waals surface area (Å²) in [5.41, 5.74) is -1.67. The van der Waals surface area contributed by atoms with Gasteiger partial charge in [-0.25, -0.2) is 0 Å². The van der Waals surface area contributed by atoms with E-state index in [1.807, 2.05) is 0 Å². The molecule has 0 saturated carbocycles. The fraction of sp³-hybridized carbons (Fsp3) is 1.00. The number of hydrogen-bond donors (Lipinski definition) is 0. The molecule has 0 spiro atoms. The molecule has 0 rings (SSSR count). The van der Waals surface area contributed by atoms with Crippen LogP contribution in [0.2, 0.25) is 0 Å². The molecule has 0 heterocycles. The first-order valence-corrected chi connectivity index (χ1v) is 6.03. The molecule has 0 aromatic heterocycles. The van der Waals surface area contributed by atoms with Crippen molar-refractivity contribution in [3.63, 3.8) is 0 Å². The molecule has 0 unspecified atom stereocenters. The Balaban J connectivity index is 4.16. The number of unbranched alkanes of at least 4 members (excludes halogenated alkanes) is 1. The second-order valence-corrected chi connectivity index (χ2v) is 5.26. The van der Waals surface area contributed by atoms with Gasteiger partial charge in [-0.1, -0.05) is 0 Å². The molecule has 12 heavy (non-hydrogen) atoms. The molecule has 0 amide bonds. The van der Waals surface area contributed by atoms with Crippen LogP contribution in [0.25, 0.3) is 0 Å². The van der Waals surface area contributed by atoms with E-state index in [0.29, 0.717) is 12.8 Å². The van der Waals surface area contributed by atoms with E-state index in [4.69, 9.17) is 0 Å². The van der Waals surface area contributed by atoms with Crippen LogP contribution >= 0.6 is 7.85 Å². The van der Waals surface area contributed by atoms with Gasteiger partial charge < -0.3 is 0 Å². The Morgan fingerprint density at radius 3 is 1.83 bits per heavy atom. The second-order valence-electron chi connectivity index (χ2n) is 2.98. The standard InChI is InChI=1S/C7H15F4P/c1-3-5-6-7(4-2)12(8,9,10)11/h7H,3-6H2,1-2H3/t7-/m0/s1. The molecule has 0 aliphatic rings. The zero-order chi connectivity index (χ0) is 9.85. The molecule has 0 aromatic rings. The Hall–Kier alpha value is 0.150. The van der Waals surface area contributed by atoms with E-state index in [-0.39, 0.29) is 12.8 Å². The Labute approximate surface area is 70.7 Å². The summed E-state index contributed by atoms with van der Waals surface area (Å²) in [6, 6.07) is 0. The first-order chi connectivity index (χ1) is 5.28. The third-order valence-electron chi connectivity index (χ3n) is 1.91. The van der Waals surface area contributed by atoms with Crippen molar-refractivity contribution in [1.29, 1.82) is 0 Å². The zero-order valence-electron chi connectivity index (χ0n) is 7.36. The molecule has 0 nitrogen and oxygen atoms in total. The second kappa shape index (κ2) is 3.91. The summed E-state index contributed by atoms with van der Waals surface area (Å²) in [6.07, 6.45) is 0.962. The van der Waals surface area contributed by atoms with Crippen molar-refractivity contribution in [2.24, 2.45) is 0 Å². The molecule has 0 aromatic carbocycles. The van der Waals surface area contributed by atoms with Gasteiger partial charge in [0, 0.05) is 0 Å². The van der Waals surface area contributed by atoms with E-state index in [1.165, 1.54) is 6.92 Å². The van der Waals surface area contributed by atoms with Crippen molar-refractivity contribution < 1.29 is 16.8 Å². The summed E-state index contributed by atoms with van der Waals surface area (Å²) in [6.45, 7) is 3.19. The van der Waals surface area contributed by atoms with Crippen LogP contribution < -0.4 is 0 Å². The fourth-order valence-corrected chi connectivity index (χ4v) is 2.24. The van der Waals surface area contributed by atoms with Gasteiger partial charge in [0.15, 0.2) is 0 Å². The van der Waals surface area contributed by atoms with Gasteiger partial charge in [0.2, 0.25) is 0 Å². The van der Waals surface area contributed by atoms with Crippen LogP contribution in [-0.2, 0) is 0 Å². The van der Waals surface area contributed by atoms with Crippen LogP contribution in [0.15, 0.2) is 0 Å². The molecular weight excluding hydrogens is 191 g/mol. The topological polar surface area (TPSA) is 0 Å². The van der Waals surface area contributed by atoms with Crippen LogP contribution in [0.3, 0.4) is 0 Å². The molecule has 0 saturated heterocycles. The molecule has 1 atom stereocenters. The van der Waals surface area contributed by atoms with E-state index >= 15 is 0 Å². The van der Waals surface area contributed by atoms with Gasteiger partial charge in [-0.15, -0.1) is 0 Å². The van der Waals surface area contributed by atoms with Crippen molar-refractivity contribution in [3.05, 3.63) is 0 Å². The first-order valence-electron chi connectivity index (χ1n) is 4.17. The minimum atomic E-state index is -7.28. The summed E-state index contributed by atoms with van der Waals surface area (Å²) in [5.74, 6) is 0. The quantitative estimate of drug-likeness (QED) is 0.436. The number of halogens is 4. The number of rotatable bonds is 5. The minimum absolute atomic E-state index is 0.0508. The Morgan fingerprint density at radius 2 is 1.58 bits per heavy atom. The number of hydrogen-bond acceptors (Lipinski definition) is 0. The van der Waals surface area contributed by atoms with Crippen molar-refractivity contribution in [2.45, 2.75) is 45.2 Å². The third-order valence-corrected chi connectivity index (χ3v) is 3.64. The molecule has 5 heteroatoms. The maximum atomic E-state index is 12.2. The average molecular weight is 206 g/mol. The van der Waals surface area contributed by atoms with Crippen molar-refractivity contribution in [2.75, 3.05) is 0 Å². The molecule has 76 valence electrons. The molecule has 0 aliphatic heterocycles. The molecule has 0 aliphatic carbocycles. The summed E-state index contributed by atoms with van der Waals surface area (Å²) in [7, 11) is -7.28. The van der Waals surface area contributed by atoms with Crippen LogP contribution in [0, 0.1) is 0 Å². The van der Waals surface area contributed by atoms with Gasteiger partial charge in [-0.2, -0.15) is 0 Å². The molecule has 0 bridgehead atoms. The van der Waals surface area contributed by atoms with E-state index < -0.39 is 13.5 Å². The predicted octanol–water partition coefficient (Wildman–Crippen LogP) is 5.05. The van der Waals surface area contributed by atoms with Gasteiger partial charge >= 0.3 is 69.8 Å². The van der Waals surface area contributed by atoms with Crippen LogP contribution in [0.5, 0.6) is 0 Å². The Morgan fingerprint density at radius 1 is 1.08 bits per heavy atom. The molecule has 0 N–H and O–H groups in total. The van der Waals surface area contributed by atoms with Crippen molar-refractivity contribution in [3.8, 4) is 0 Å². The van der Waals surface area contributed by atoms with Crippen molar-refractivity contribution in [1.82, 2.24) is 0 Å². The summed E-state index contributed by atoms with van der Waals surface area (Å²) < 4.78 is 48.8. The molecule has 0 radical (unpaired) electrons. The van der Waals surface area contributed by atoms with Gasteiger partial charge in [0.1, 0.15) is 0 Å². The van der Waals surface area contributed by atoms with Crippen LogP contribution in [0.4, 0.5) is 16.8 Å². The van der Waals surface area contributed by atoms with E-state index in [1.54, 1.807) is 6.92 Å². The van der Waals surface area contributed by atoms with Crippen LogP contribution in [0.1, 0.15) is 39.5 Å². The SMILES string of the molecule is CCCC[C@H](CC)P(F)(F)(F)F. The fourth-order valence-electron chi connectivity index (χ4n) is 1.12. The van der Waals surface area contributed by atoms with Gasteiger partial charge in [0.05, 0.1) is 0 Å². The van der Waals surface area contributed by atoms with Crippen molar-refractivity contribution >= 4 is 7.85 Å². The summed E-state index contributed by atoms with van der Waals surface area (Å²) in [4.78, 5) is 0. The maximum absolute atomic E-state index is 12.2. The third kappa shape index (κ3) is 4.24. The summed E-state index contributed by atoms with van der Waals surface area (Å²) >= 11 is 0. The molecular formula is C7H15F4P. The van der Waals surface area contributed by atoms with Gasteiger partial charge in [-0.05, 0) is 0 Å². The zero-order valence-corrected chi connectivity index (χ0v) is 8.26. The molecule has 0 fully saturated rings. The van der Waals surface area contributed by atoms with Gasteiger partial charge in [-0.3, -0.25) is 0 Å². The predicted molar refractivity (Wildman–Crippen MR) is 45.0 cm³/mol. The monoisotopic (exact) mass is 206 g/mol. The first kappa shape index (κ1) is 12.2. The van der Waals surface area contributed by atoms with Gasteiger partial charge in [0.25, 0.3) is 0 Å². The average Bonchev–Trinajstić information content (AvgIpc) is 1.85. The Bertz CT molecular complexity index is 131. The van der Waals surface area contributed by atoms with E-state index in [9.17, 15) is 16.8 Å². The van der Waals surface area contributed by atoms with E-state index in [2.05, 4.69) is 0 Å².